The summed E-state index contributed by atoms with van der Waals surface area (Å²) in [5.74, 6) is 1.42. The van der Waals surface area contributed by atoms with E-state index in [9.17, 15) is 0 Å². The van der Waals surface area contributed by atoms with Crippen molar-refractivity contribution in [2.45, 2.75) is 25.6 Å². The van der Waals surface area contributed by atoms with Gasteiger partial charge in [-0.25, -0.2) is 9.97 Å². The van der Waals surface area contributed by atoms with Crippen LogP contribution in [0.2, 0.25) is 0 Å². The number of hydrogen-bond donors (Lipinski definition) is 1. The Morgan fingerprint density at radius 1 is 1.36 bits per heavy atom. The summed E-state index contributed by atoms with van der Waals surface area (Å²) in [5, 5.41) is 0. The van der Waals surface area contributed by atoms with E-state index in [0.29, 0.717) is 18.6 Å². The molecule has 0 spiro atoms. The molecule has 1 heterocycles. The molecule has 1 saturated carbocycles. The molecule has 1 aromatic heterocycles. The molecule has 0 atom stereocenters. The van der Waals surface area contributed by atoms with Gasteiger partial charge in [-0.1, -0.05) is 0 Å². The summed E-state index contributed by atoms with van der Waals surface area (Å²) in [7, 11) is 0. The summed E-state index contributed by atoms with van der Waals surface area (Å²) in [4.78, 5) is 8.17. The van der Waals surface area contributed by atoms with Crippen molar-refractivity contribution in [1.82, 2.24) is 9.97 Å². The first-order chi connectivity index (χ1) is 6.88. The van der Waals surface area contributed by atoms with Gasteiger partial charge in [0.2, 0.25) is 0 Å². The first kappa shape index (κ1) is 9.55. The van der Waals surface area contributed by atoms with Gasteiger partial charge in [-0.05, 0) is 31.4 Å². The third-order valence-electron chi connectivity index (χ3n) is 2.59. The number of rotatable bonds is 4. The molecular formula is C10H15N3O. The lowest BCUT2D eigenvalue weighted by Gasteiger charge is -2.33. The van der Waals surface area contributed by atoms with Crippen LogP contribution in [-0.2, 0) is 11.3 Å². The second-order valence-electron chi connectivity index (χ2n) is 3.67. The van der Waals surface area contributed by atoms with E-state index in [0.717, 1.165) is 25.2 Å². The van der Waals surface area contributed by atoms with Gasteiger partial charge < -0.3 is 10.5 Å². The smallest absolute Gasteiger partial charge is 0.153 e. The quantitative estimate of drug-likeness (QED) is 0.765. The predicted molar refractivity (Wildman–Crippen MR) is 52.4 cm³/mol. The van der Waals surface area contributed by atoms with Crippen molar-refractivity contribution in [2.75, 3.05) is 6.54 Å². The summed E-state index contributed by atoms with van der Waals surface area (Å²) in [6.07, 6.45) is 6.00. The van der Waals surface area contributed by atoms with Crippen molar-refractivity contribution in [3.63, 3.8) is 0 Å². The van der Waals surface area contributed by atoms with Crippen LogP contribution in [0, 0.1) is 5.92 Å². The van der Waals surface area contributed by atoms with Crippen molar-refractivity contribution >= 4 is 0 Å². The highest BCUT2D eigenvalue weighted by atomic mass is 16.5. The van der Waals surface area contributed by atoms with Gasteiger partial charge in [0.15, 0.2) is 5.82 Å². The van der Waals surface area contributed by atoms with Gasteiger partial charge in [0.05, 0.1) is 6.10 Å². The van der Waals surface area contributed by atoms with E-state index in [2.05, 4.69) is 9.97 Å². The van der Waals surface area contributed by atoms with E-state index in [1.807, 2.05) is 0 Å². The third kappa shape index (κ3) is 2.27. The van der Waals surface area contributed by atoms with Crippen molar-refractivity contribution in [3.05, 3.63) is 24.3 Å². The van der Waals surface area contributed by atoms with Gasteiger partial charge in [-0.15, -0.1) is 0 Å². The fourth-order valence-electron chi connectivity index (χ4n) is 1.60. The Kier molecular flexibility index (Phi) is 3.06. The van der Waals surface area contributed by atoms with Crippen LogP contribution in [0.25, 0.3) is 0 Å². The maximum absolute atomic E-state index is 5.62. The van der Waals surface area contributed by atoms with Crippen LogP contribution in [0.15, 0.2) is 18.5 Å². The number of nitrogens with two attached hydrogens (primary N) is 1. The molecule has 0 aliphatic heterocycles. The van der Waals surface area contributed by atoms with E-state index in [1.54, 1.807) is 18.5 Å². The van der Waals surface area contributed by atoms with Crippen molar-refractivity contribution < 1.29 is 4.74 Å². The molecule has 1 fully saturated rings. The number of ether oxygens (including phenoxy) is 1. The van der Waals surface area contributed by atoms with Crippen LogP contribution < -0.4 is 5.73 Å². The van der Waals surface area contributed by atoms with Gasteiger partial charge in [0, 0.05) is 12.4 Å². The van der Waals surface area contributed by atoms with Crippen molar-refractivity contribution in [2.24, 2.45) is 11.7 Å². The molecule has 14 heavy (non-hydrogen) atoms. The van der Waals surface area contributed by atoms with Gasteiger partial charge in [-0.2, -0.15) is 0 Å². The average Bonchev–Trinajstić information content (AvgIpc) is 2.17. The summed E-state index contributed by atoms with van der Waals surface area (Å²) in [5.41, 5.74) is 5.52. The molecular weight excluding hydrogens is 178 g/mol. The van der Waals surface area contributed by atoms with E-state index in [-0.39, 0.29) is 0 Å². The third-order valence-corrected chi connectivity index (χ3v) is 2.59. The summed E-state index contributed by atoms with van der Waals surface area (Å²) in [6.45, 7) is 1.30. The number of hydrogen-bond acceptors (Lipinski definition) is 4. The Morgan fingerprint density at radius 2 is 2.07 bits per heavy atom. The van der Waals surface area contributed by atoms with Crippen LogP contribution in [0.5, 0.6) is 0 Å². The SMILES string of the molecule is NCC1CC(OCc2ncccn2)C1. The first-order valence-corrected chi connectivity index (χ1v) is 4.96. The summed E-state index contributed by atoms with van der Waals surface area (Å²) < 4.78 is 5.62. The summed E-state index contributed by atoms with van der Waals surface area (Å²) >= 11 is 0. The second-order valence-corrected chi connectivity index (χ2v) is 3.67. The molecule has 4 heteroatoms. The number of aromatic nitrogens is 2. The molecule has 0 saturated heterocycles. The Hall–Kier alpha value is -1.00. The van der Waals surface area contributed by atoms with Crippen molar-refractivity contribution in [3.8, 4) is 0 Å². The Balaban J connectivity index is 1.69. The molecule has 76 valence electrons. The highest BCUT2D eigenvalue weighted by molar-refractivity contribution is 4.87. The van der Waals surface area contributed by atoms with Crippen LogP contribution in [0.4, 0.5) is 0 Å². The zero-order valence-corrected chi connectivity index (χ0v) is 8.10. The summed E-state index contributed by atoms with van der Waals surface area (Å²) in [6, 6.07) is 1.80. The second kappa shape index (κ2) is 4.48. The molecule has 1 aliphatic rings. The monoisotopic (exact) mass is 193 g/mol. The normalized spacial score (nSPS) is 25.8. The lowest BCUT2D eigenvalue weighted by Crippen LogP contribution is -2.35. The Bertz CT molecular complexity index is 272. The lowest BCUT2D eigenvalue weighted by molar-refractivity contribution is -0.0400. The topological polar surface area (TPSA) is 61.0 Å². The van der Waals surface area contributed by atoms with Crippen LogP contribution >= 0.6 is 0 Å². The average molecular weight is 193 g/mol. The molecule has 0 aromatic carbocycles. The highest BCUT2D eigenvalue weighted by Crippen LogP contribution is 2.29. The van der Waals surface area contributed by atoms with Gasteiger partial charge in [0.1, 0.15) is 6.61 Å². The zero-order chi connectivity index (χ0) is 9.80. The van der Waals surface area contributed by atoms with Gasteiger partial charge >= 0.3 is 0 Å². The minimum Gasteiger partial charge on any atom is -0.370 e. The molecule has 2 N–H and O–H groups in total. The van der Waals surface area contributed by atoms with Gasteiger partial charge in [0.25, 0.3) is 0 Å². The Labute approximate surface area is 83.5 Å². The standard InChI is InChI=1S/C10H15N3O/c11-6-8-4-9(5-8)14-7-10-12-2-1-3-13-10/h1-3,8-9H,4-7,11H2. The maximum Gasteiger partial charge on any atom is 0.153 e. The fourth-order valence-corrected chi connectivity index (χ4v) is 1.60. The highest BCUT2D eigenvalue weighted by Gasteiger charge is 2.28. The molecule has 4 nitrogen and oxygen atoms in total. The molecule has 1 aliphatic carbocycles. The van der Waals surface area contributed by atoms with E-state index >= 15 is 0 Å². The molecule has 0 radical (unpaired) electrons. The molecule has 1 aromatic rings. The molecule has 2 rings (SSSR count). The molecule has 0 unspecified atom stereocenters. The van der Waals surface area contributed by atoms with Crippen LogP contribution in [0.1, 0.15) is 18.7 Å². The minimum atomic E-state index is 0.368. The fraction of sp³-hybridized carbons (Fsp3) is 0.600. The van der Waals surface area contributed by atoms with Crippen molar-refractivity contribution in [1.29, 1.82) is 0 Å². The zero-order valence-electron chi connectivity index (χ0n) is 8.10. The molecule has 0 bridgehead atoms. The predicted octanol–water partition coefficient (Wildman–Crippen LogP) is 0.730. The van der Waals surface area contributed by atoms with Crippen LogP contribution in [0.3, 0.4) is 0 Å². The van der Waals surface area contributed by atoms with Crippen LogP contribution in [-0.4, -0.2) is 22.6 Å². The minimum absolute atomic E-state index is 0.368. The number of nitrogens with zero attached hydrogens (tertiary/aromatic N) is 2. The van der Waals surface area contributed by atoms with E-state index < -0.39 is 0 Å². The van der Waals surface area contributed by atoms with E-state index in [4.69, 9.17) is 10.5 Å². The first-order valence-electron chi connectivity index (χ1n) is 4.96. The lowest BCUT2D eigenvalue weighted by atomic mass is 9.82. The van der Waals surface area contributed by atoms with E-state index in [1.165, 1.54) is 0 Å². The largest absolute Gasteiger partial charge is 0.370 e. The van der Waals surface area contributed by atoms with Gasteiger partial charge in [-0.3, -0.25) is 0 Å². The Morgan fingerprint density at radius 3 is 2.71 bits per heavy atom. The molecule has 0 amide bonds. The maximum atomic E-state index is 5.62.